The van der Waals surface area contributed by atoms with Crippen LogP contribution < -0.4 is 11.1 Å². The molecule has 1 aromatic heterocycles. The van der Waals surface area contributed by atoms with E-state index in [0.717, 1.165) is 17.8 Å². The number of primary amides is 1. The van der Waals surface area contributed by atoms with Crippen LogP contribution in [0.25, 0.3) is 11.3 Å². The van der Waals surface area contributed by atoms with Crippen LogP contribution in [0.3, 0.4) is 0 Å². The van der Waals surface area contributed by atoms with Crippen molar-refractivity contribution >= 4 is 5.91 Å². The molecule has 1 aliphatic carbocycles. The molecule has 0 unspecified atom stereocenters. The normalized spacial score (nSPS) is 17.4. The van der Waals surface area contributed by atoms with E-state index in [1.54, 1.807) is 18.3 Å². The Hall–Kier alpha value is -2.20. The second-order valence-electron chi connectivity index (χ2n) is 7.81. The van der Waals surface area contributed by atoms with E-state index < -0.39 is 5.91 Å². The van der Waals surface area contributed by atoms with Gasteiger partial charge >= 0.3 is 0 Å². The van der Waals surface area contributed by atoms with Crippen LogP contribution in [0.1, 0.15) is 55.5 Å². The van der Waals surface area contributed by atoms with Crippen LogP contribution in [0.5, 0.6) is 0 Å². The summed E-state index contributed by atoms with van der Waals surface area (Å²) in [4.78, 5) is 15.6. The van der Waals surface area contributed by atoms with Crippen molar-refractivity contribution in [1.82, 2.24) is 10.3 Å². The third-order valence-electron chi connectivity index (χ3n) is 5.23. The lowest BCUT2D eigenvalue weighted by molar-refractivity contribution is 0.1000. The summed E-state index contributed by atoms with van der Waals surface area (Å²) in [7, 11) is 0. The molecule has 0 saturated heterocycles. The van der Waals surface area contributed by atoms with Crippen LogP contribution in [0.2, 0.25) is 0 Å². The lowest BCUT2D eigenvalue weighted by Gasteiger charge is -2.34. The zero-order valence-electron chi connectivity index (χ0n) is 15.1. The molecule has 1 aliphatic rings. The van der Waals surface area contributed by atoms with E-state index in [2.05, 4.69) is 36.3 Å². The topological polar surface area (TPSA) is 68.0 Å². The fourth-order valence-corrected chi connectivity index (χ4v) is 3.40. The number of rotatable bonds is 5. The van der Waals surface area contributed by atoms with Crippen LogP contribution in [0, 0.1) is 5.41 Å². The molecule has 1 amide bonds. The van der Waals surface area contributed by atoms with Gasteiger partial charge in [0.1, 0.15) is 0 Å². The summed E-state index contributed by atoms with van der Waals surface area (Å²) in [5.74, 6) is -0.430. The molecule has 3 N–H and O–H groups in total. The van der Waals surface area contributed by atoms with E-state index in [4.69, 9.17) is 5.73 Å². The predicted octanol–water partition coefficient (Wildman–Crippen LogP) is 3.91. The van der Waals surface area contributed by atoms with E-state index in [-0.39, 0.29) is 0 Å². The summed E-state index contributed by atoms with van der Waals surface area (Å²) < 4.78 is 0. The van der Waals surface area contributed by atoms with Crippen molar-refractivity contribution in [2.75, 3.05) is 0 Å². The van der Waals surface area contributed by atoms with E-state index in [9.17, 15) is 4.79 Å². The smallest absolute Gasteiger partial charge is 0.248 e. The van der Waals surface area contributed by atoms with Crippen LogP contribution in [0.15, 0.2) is 42.6 Å². The van der Waals surface area contributed by atoms with Gasteiger partial charge in [-0.05, 0) is 48.8 Å². The van der Waals surface area contributed by atoms with Crippen molar-refractivity contribution in [3.05, 3.63) is 53.7 Å². The van der Waals surface area contributed by atoms with Gasteiger partial charge in [0.15, 0.2) is 0 Å². The second-order valence-corrected chi connectivity index (χ2v) is 7.81. The number of nitrogens with two attached hydrogens (primary N) is 1. The fourth-order valence-electron chi connectivity index (χ4n) is 3.40. The molecule has 25 heavy (non-hydrogen) atoms. The molecule has 1 aromatic carbocycles. The minimum Gasteiger partial charge on any atom is -0.366 e. The van der Waals surface area contributed by atoms with Gasteiger partial charge in [-0.1, -0.05) is 38.1 Å². The van der Waals surface area contributed by atoms with Crippen LogP contribution in [-0.2, 0) is 6.54 Å². The highest BCUT2D eigenvalue weighted by Crippen LogP contribution is 2.35. The van der Waals surface area contributed by atoms with Crippen LogP contribution in [0.4, 0.5) is 0 Å². The minimum atomic E-state index is -0.430. The van der Waals surface area contributed by atoms with Gasteiger partial charge in [-0.15, -0.1) is 0 Å². The maximum atomic E-state index is 11.3. The largest absolute Gasteiger partial charge is 0.366 e. The number of nitrogens with one attached hydrogen (secondary N) is 1. The summed E-state index contributed by atoms with van der Waals surface area (Å²) >= 11 is 0. The number of amides is 1. The SMILES string of the molecule is CC1(C)CCC(NCc2ccc(-c3cc(C(N)=O)ccn3)cc2)CC1. The number of carbonyl (C=O) groups excluding carboxylic acids is 1. The van der Waals surface area contributed by atoms with E-state index in [1.165, 1.54) is 31.2 Å². The van der Waals surface area contributed by atoms with Gasteiger partial charge in [-0.2, -0.15) is 0 Å². The molecule has 1 heterocycles. The first-order valence-electron chi connectivity index (χ1n) is 9.01. The number of benzene rings is 1. The Morgan fingerprint density at radius 1 is 1.20 bits per heavy atom. The fraction of sp³-hybridized carbons (Fsp3) is 0.429. The average Bonchev–Trinajstić information content (AvgIpc) is 2.61. The number of nitrogens with zero attached hydrogens (tertiary/aromatic N) is 1. The van der Waals surface area contributed by atoms with Gasteiger partial charge in [-0.25, -0.2) is 0 Å². The lowest BCUT2D eigenvalue weighted by atomic mass is 9.75. The second kappa shape index (κ2) is 7.36. The molecule has 2 aromatic rings. The molecule has 0 spiro atoms. The summed E-state index contributed by atoms with van der Waals surface area (Å²) in [6.07, 6.45) is 6.73. The van der Waals surface area contributed by atoms with Crippen molar-refractivity contribution in [2.45, 2.75) is 52.1 Å². The number of aromatic nitrogens is 1. The van der Waals surface area contributed by atoms with Crippen molar-refractivity contribution in [3.63, 3.8) is 0 Å². The quantitative estimate of drug-likeness (QED) is 0.869. The predicted molar refractivity (Wildman–Crippen MR) is 101 cm³/mol. The third-order valence-corrected chi connectivity index (χ3v) is 5.23. The molecule has 132 valence electrons. The molecule has 4 nitrogen and oxygen atoms in total. The molecule has 0 atom stereocenters. The summed E-state index contributed by atoms with van der Waals surface area (Å²) in [6, 6.07) is 12.3. The number of hydrogen-bond acceptors (Lipinski definition) is 3. The van der Waals surface area contributed by atoms with Crippen LogP contribution in [-0.4, -0.2) is 16.9 Å². The average molecular weight is 337 g/mol. The molecule has 3 rings (SSSR count). The molecule has 0 radical (unpaired) electrons. The van der Waals surface area contributed by atoms with Crippen molar-refractivity contribution in [1.29, 1.82) is 0 Å². The highest BCUT2D eigenvalue weighted by molar-refractivity contribution is 5.93. The first-order valence-corrected chi connectivity index (χ1v) is 9.01. The Kier molecular flexibility index (Phi) is 5.19. The van der Waals surface area contributed by atoms with E-state index in [1.807, 2.05) is 12.1 Å². The van der Waals surface area contributed by atoms with Crippen LogP contribution >= 0.6 is 0 Å². The first-order chi connectivity index (χ1) is 11.9. The summed E-state index contributed by atoms with van der Waals surface area (Å²) in [5.41, 5.74) is 9.35. The standard InChI is InChI=1S/C21H27N3O/c1-21(2)10-7-18(8-11-21)24-14-15-3-5-16(6-4-15)19-13-17(20(22)25)9-12-23-19/h3-6,9,12-13,18,24H,7-8,10-11,14H2,1-2H3,(H2,22,25). The van der Waals surface area contributed by atoms with E-state index >= 15 is 0 Å². The minimum absolute atomic E-state index is 0.430. The first kappa shape index (κ1) is 17.6. The van der Waals surface area contributed by atoms with Crippen molar-refractivity contribution in [3.8, 4) is 11.3 Å². The summed E-state index contributed by atoms with van der Waals surface area (Å²) in [5, 5.41) is 3.68. The highest BCUT2D eigenvalue weighted by Gasteiger charge is 2.26. The van der Waals surface area contributed by atoms with Gasteiger partial charge < -0.3 is 11.1 Å². The molecule has 0 bridgehead atoms. The van der Waals surface area contributed by atoms with Gasteiger partial charge in [0.25, 0.3) is 0 Å². The Morgan fingerprint density at radius 3 is 2.52 bits per heavy atom. The lowest BCUT2D eigenvalue weighted by Crippen LogP contribution is -2.35. The molecule has 1 fully saturated rings. The third kappa shape index (κ3) is 4.67. The molecular weight excluding hydrogens is 310 g/mol. The number of carbonyl (C=O) groups is 1. The molecule has 1 saturated carbocycles. The zero-order chi connectivity index (χ0) is 17.9. The maximum Gasteiger partial charge on any atom is 0.248 e. The number of hydrogen-bond donors (Lipinski definition) is 2. The van der Waals surface area contributed by atoms with Gasteiger partial charge in [0, 0.05) is 29.9 Å². The molecular formula is C21H27N3O. The zero-order valence-corrected chi connectivity index (χ0v) is 15.1. The van der Waals surface area contributed by atoms with Gasteiger partial charge in [0.2, 0.25) is 5.91 Å². The Balaban J connectivity index is 1.59. The number of pyridine rings is 1. The summed E-state index contributed by atoms with van der Waals surface area (Å²) in [6.45, 7) is 5.62. The highest BCUT2D eigenvalue weighted by atomic mass is 16.1. The Morgan fingerprint density at radius 2 is 1.88 bits per heavy atom. The Labute approximate surface area is 149 Å². The Bertz CT molecular complexity index is 727. The monoisotopic (exact) mass is 337 g/mol. The molecule has 0 aliphatic heterocycles. The van der Waals surface area contributed by atoms with Gasteiger partial charge in [-0.3, -0.25) is 9.78 Å². The van der Waals surface area contributed by atoms with E-state index in [0.29, 0.717) is 17.0 Å². The van der Waals surface area contributed by atoms with Gasteiger partial charge in [0.05, 0.1) is 5.69 Å². The van der Waals surface area contributed by atoms with Crippen molar-refractivity contribution in [2.24, 2.45) is 11.1 Å². The molecule has 4 heteroatoms. The van der Waals surface area contributed by atoms with Crippen molar-refractivity contribution < 1.29 is 4.79 Å². The maximum absolute atomic E-state index is 11.3.